The fourth-order valence-electron chi connectivity index (χ4n) is 2.26. The Morgan fingerprint density at radius 3 is 2.83 bits per heavy atom. The number of fused-ring (bicyclic) bond motifs is 1. The lowest BCUT2D eigenvalue weighted by Crippen LogP contribution is -1.94. The number of phenolic OH excluding ortho intramolecular Hbond substituents is 1. The summed E-state index contributed by atoms with van der Waals surface area (Å²) in [4.78, 5) is 18.6. The van der Waals surface area contributed by atoms with Gasteiger partial charge in [-0.3, -0.25) is 0 Å². The number of carboxylic acid groups (broad SMARTS) is 1. The van der Waals surface area contributed by atoms with Crippen molar-refractivity contribution in [2.75, 3.05) is 6.61 Å². The molecule has 3 rings (SSSR count). The molecule has 0 unspecified atom stereocenters. The van der Waals surface area contributed by atoms with Crippen LogP contribution in [0.4, 0.5) is 0 Å². The van der Waals surface area contributed by atoms with Crippen LogP contribution in [0.1, 0.15) is 17.3 Å². The summed E-state index contributed by atoms with van der Waals surface area (Å²) in [5, 5.41) is 19.0. The Morgan fingerprint density at radius 1 is 1.35 bits per heavy atom. The van der Waals surface area contributed by atoms with Gasteiger partial charge < -0.3 is 19.9 Å². The first-order valence-corrected chi connectivity index (χ1v) is 7.67. The predicted molar refractivity (Wildman–Crippen MR) is 89.0 cm³/mol. The van der Waals surface area contributed by atoms with Crippen molar-refractivity contribution in [3.05, 3.63) is 40.4 Å². The van der Waals surface area contributed by atoms with Crippen molar-refractivity contribution in [2.24, 2.45) is 0 Å². The van der Waals surface area contributed by atoms with Crippen molar-refractivity contribution in [3.63, 3.8) is 0 Å². The number of hydrogen-bond donors (Lipinski definition) is 3. The van der Waals surface area contributed by atoms with E-state index in [1.165, 1.54) is 12.1 Å². The normalized spacial score (nSPS) is 10.9. The van der Waals surface area contributed by atoms with Crippen molar-refractivity contribution in [1.29, 1.82) is 0 Å². The number of phenols is 1. The zero-order chi connectivity index (χ0) is 16.6. The zero-order valence-electron chi connectivity index (χ0n) is 12.1. The highest BCUT2D eigenvalue weighted by molar-refractivity contribution is 9.10. The van der Waals surface area contributed by atoms with Crippen molar-refractivity contribution in [2.45, 2.75) is 6.92 Å². The van der Waals surface area contributed by atoms with Crippen LogP contribution in [0.3, 0.4) is 0 Å². The van der Waals surface area contributed by atoms with Crippen LogP contribution in [-0.2, 0) is 0 Å². The summed E-state index contributed by atoms with van der Waals surface area (Å²) in [6, 6.07) is 8.09. The molecule has 0 radical (unpaired) electrons. The maximum absolute atomic E-state index is 11.0. The van der Waals surface area contributed by atoms with Gasteiger partial charge in [0.1, 0.15) is 5.82 Å². The summed E-state index contributed by atoms with van der Waals surface area (Å²) in [6.45, 7) is 2.25. The number of aromatic hydroxyl groups is 1. The van der Waals surface area contributed by atoms with E-state index in [1.54, 1.807) is 18.2 Å². The van der Waals surface area contributed by atoms with Gasteiger partial charge in [-0.1, -0.05) is 0 Å². The van der Waals surface area contributed by atoms with Crippen LogP contribution in [0.15, 0.2) is 34.8 Å². The molecule has 2 aromatic carbocycles. The average Bonchev–Trinajstić information content (AvgIpc) is 2.94. The van der Waals surface area contributed by atoms with Crippen LogP contribution in [0.5, 0.6) is 11.5 Å². The third kappa shape index (κ3) is 2.87. The van der Waals surface area contributed by atoms with Gasteiger partial charge in [0.2, 0.25) is 0 Å². The lowest BCUT2D eigenvalue weighted by Gasteiger charge is -2.09. The second-order valence-corrected chi connectivity index (χ2v) is 5.71. The topological polar surface area (TPSA) is 95.4 Å². The molecular weight excluding hydrogens is 364 g/mol. The van der Waals surface area contributed by atoms with Crippen LogP contribution in [0, 0.1) is 0 Å². The van der Waals surface area contributed by atoms with Gasteiger partial charge in [0.25, 0.3) is 0 Å². The van der Waals surface area contributed by atoms with Crippen LogP contribution >= 0.6 is 15.9 Å². The number of aromatic amines is 1. The molecule has 6 nitrogen and oxygen atoms in total. The summed E-state index contributed by atoms with van der Waals surface area (Å²) in [7, 11) is 0. The summed E-state index contributed by atoms with van der Waals surface area (Å²) < 4.78 is 5.90. The third-order valence-corrected chi connectivity index (χ3v) is 3.94. The monoisotopic (exact) mass is 376 g/mol. The highest BCUT2D eigenvalue weighted by Gasteiger charge is 2.14. The molecule has 0 aliphatic rings. The molecule has 0 saturated carbocycles. The third-order valence-electron chi connectivity index (χ3n) is 3.33. The molecule has 1 heterocycles. The fourth-order valence-corrected chi connectivity index (χ4v) is 2.70. The Labute approximate surface area is 139 Å². The molecule has 23 heavy (non-hydrogen) atoms. The molecule has 3 N–H and O–H groups in total. The van der Waals surface area contributed by atoms with E-state index in [0.29, 0.717) is 39.3 Å². The number of nitrogens with zero attached hydrogens (tertiary/aromatic N) is 1. The minimum absolute atomic E-state index is 0.0277. The highest BCUT2D eigenvalue weighted by atomic mass is 79.9. The molecule has 0 bridgehead atoms. The summed E-state index contributed by atoms with van der Waals surface area (Å²) in [5.74, 6) is -0.0540. The van der Waals surface area contributed by atoms with Gasteiger partial charge in [-0.15, -0.1) is 0 Å². The highest BCUT2D eigenvalue weighted by Crippen LogP contribution is 2.38. The van der Waals surface area contributed by atoms with E-state index < -0.39 is 5.97 Å². The number of ether oxygens (including phenoxy) is 1. The lowest BCUT2D eigenvalue weighted by atomic mass is 10.2. The number of aromatic carboxylic acids is 1. The predicted octanol–water partition coefficient (Wildman–Crippen LogP) is 3.79. The fraction of sp³-hybridized carbons (Fsp3) is 0.125. The largest absolute Gasteiger partial charge is 0.503 e. The molecule has 0 fully saturated rings. The van der Waals surface area contributed by atoms with E-state index in [1.807, 2.05) is 6.92 Å². The summed E-state index contributed by atoms with van der Waals surface area (Å²) >= 11 is 3.29. The first-order chi connectivity index (χ1) is 11.0. The van der Waals surface area contributed by atoms with Crippen molar-refractivity contribution >= 4 is 32.9 Å². The summed E-state index contributed by atoms with van der Waals surface area (Å²) in [6.07, 6.45) is 0. The first-order valence-electron chi connectivity index (χ1n) is 6.88. The van der Waals surface area contributed by atoms with Gasteiger partial charge in [0.15, 0.2) is 11.5 Å². The number of imidazole rings is 1. The van der Waals surface area contributed by atoms with E-state index in [2.05, 4.69) is 25.9 Å². The van der Waals surface area contributed by atoms with Gasteiger partial charge in [-0.05, 0) is 53.2 Å². The number of halogens is 1. The van der Waals surface area contributed by atoms with E-state index in [4.69, 9.17) is 9.84 Å². The number of aromatic nitrogens is 2. The molecule has 0 aliphatic heterocycles. The molecular formula is C16H13BrN2O4. The Kier molecular flexibility index (Phi) is 3.96. The van der Waals surface area contributed by atoms with Gasteiger partial charge in [0, 0.05) is 5.56 Å². The number of hydrogen-bond acceptors (Lipinski definition) is 4. The van der Waals surface area contributed by atoms with E-state index in [9.17, 15) is 9.90 Å². The number of carbonyl (C=O) groups is 1. The van der Waals surface area contributed by atoms with Gasteiger partial charge in [-0.2, -0.15) is 0 Å². The Hall–Kier alpha value is -2.54. The minimum atomic E-state index is -0.992. The Balaban J connectivity index is 2.11. The van der Waals surface area contributed by atoms with Crippen molar-refractivity contribution < 1.29 is 19.7 Å². The number of H-pyrrole nitrogens is 1. The van der Waals surface area contributed by atoms with E-state index >= 15 is 0 Å². The van der Waals surface area contributed by atoms with Gasteiger partial charge in [0.05, 0.1) is 27.7 Å². The minimum Gasteiger partial charge on any atom is -0.503 e. The van der Waals surface area contributed by atoms with Crippen LogP contribution in [0.25, 0.3) is 22.4 Å². The molecule has 3 aromatic rings. The van der Waals surface area contributed by atoms with E-state index in [0.717, 1.165) is 0 Å². The standard InChI is InChI=1S/C16H13BrN2O4/c1-2-23-13-7-9(5-10(17)14(13)20)15-18-11-4-3-8(16(21)22)6-12(11)19-15/h3-7,20H,2H2,1H3,(H,18,19)(H,21,22). The summed E-state index contributed by atoms with van der Waals surface area (Å²) in [5.41, 5.74) is 2.19. The number of rotatable bonds is 4. The molecule has 0 spiro atoms. The maximum atomic E-state index is 11.0. The quantitative estimate of drug-likeness (QED) is 0.643. The van der Waals surface area contributed by atoms with Crippen molar-refractivity contribution in [1.82, 2.24) is 9.97 Å². The molecule has 0 atom stereocenters. The molecule has 0 aliphatic carbocycles. The smallest absolute Gasteiger partial charge is 0.335 e. The molecule has 1 aromatic heterocycles. The Bertz CT molecular complexity index is 904. The Morgan fingerprint density at radius 2 is 2.13 bits per heavy atom. The zero-order valence-corrected chi connectivity index (χ0v) is 13.7. The van der Waals surface area contributed by atoms with Crippen LogP contribution < -0.4 is 4.74 Å². The molecule has 0 saturated heterocycles. The average molecular weight is 377 g/mol. The number of carboxylic acids is 1. The SMILES string of the molecule is CCOc1cc(-c2nc3ccc(C(=O)O)cc3[nH]2)cc(Br)c1O. The van der Waals surface area contributed by atoms with Crippen LogP contribution in [0.2, 0.25) is 0 Å². The first kappa shape index (κ1) is 15.4. The van der Waals surface area contributed by atoms with Crippen LogP contribution in [-0.4, -0.2) is 32.8 Å². The number of nitrogens with one attached hydrogen (secondary N) is 1. The molecule has 0 amide bonds. The maximum Gasteiger partial charge on any atom is 0.335 e. The van der Waals surface area contributed by atoms with Crippen molar-refractivity contribution in [3.8, 4) is 22.9 Å². The second kappa shape index (κ2) is 5.92. The second-order valence-electron chi connectivity index (χ2n) is 4.86. The van der Waals surface area contributed by atoms with Gasteiger partial charge >= 0.3 is 5.97 Å². The lowest BCUT2D eigenvalue weighted by molar-refractivity contribution is 0.0697. The molecule has 118 valence electrons. The molecule has 7 heteroatoms. The van der Waals surface area contributed by atoms with E-state index in [-0.39, 0.29) is 11.3 Å². The number of benzene rings is 2. The van der Waals surface area contributed by atoms with Gasteiger partial charge in [-0.25, -0.2) is 9.78 Å².